The van der Waals surface area contributed by atoms with Crippen LogP contribution < -0.4 is 15.6 Å². The molecule has 2 atom stereocenters. The third kappa shape index (κ3) is 5.31. The van der Waals surface area contributed by atoms with Gasteiger partial charge >= 0.3 is 0 Å². The summed E-state index contributed by atoms with van der Waals surface area (Å²) < 4.78 is 7.09. The zero-order valence-corrected chi connectivity index (χ0v) is 16.6. The molecular weight excluding hydrogens is 366 g/mol. The highest BCUT2D eigenvalue weighted by atomic mass is 16.5. The van der Waals surface area contributed by atoms with Crippen molar-refractivity contribution in [1.82, 2.24) is 14.9 Å². The number of nitrogens with zero attached hydrogens (tertiary/aromatic N) is 2. The van der Waals surface area contributed by atoms with E-state index in [1.54, 1.807) is 23.0 Å². The molecule has 0 aliphatic heterocycles. The largest absolute Gasteiger partial charge is 0.490 e. The summed E-state index contributed by atoms with van der Waals surface area (Å²) >= 11 is 0. The van der Waals surface area contributed by atoms with Crippen molar-refractivity contribution in [2.75, 3.05) is 13.2 Å². The Morgan fingerprint density at radius 1 is 1.24 bits per heavy atom. The predicted octanol–water partition coefficient (Wildman–Crippen LogP) is 3.06. The number of nitrogens with one attached hydrogen (secondary N) is 1. The molecule has 3 rings (SSSR count). The fraction of sp³-hybridized carbons (Fsp3) is 0.304. The van der Waals surface area contributed by atoms with Crippen LogP contribution in [-0.4, -0.2) is 33.9 Å². The number of hydrogen-bond acceptors (Lipinski definition) is 5. The zero-order chi connectivity index (χ0) is 20.6. The van der Waals surface area contributed by atoms with Crippen molar-refractivity contribution in [3.8, 4) is 5.75 Å². The van der Waals surface area contributed by atoms with Crippen molar-refractivity contribution in [3.05, 3.63) is 83.4 Å². The van der Waals surface area contributed by atoms with Gasteiger partial charge in [0.05, 0.1) is 23.3 Å². The first kappa shape index (κ1) is 20.8. The Balaban J connectivity index is 1.49. The maximum atomic E-state index is 12.5. The third-order valence-electron chi connectivity index (χ3n) is 4.84. The van der Waals surface area contributed by atoms with Crippen molar-refractivity contribution in [1.29, 1.82) is 0 Å². The van der Waals surface area contributed by atoms with Gasteiger partial charge in [0, 0.05) is 12.6 Å². The molecule has 152 valence electrons. The van der Waals surface area contributed by atoms with Gasteiger partial charge in [0.15, 0.2) is 0 Å². The van der Waals surface area contributed by atoms with E-state index in [9.17, 15) is 9.90 Å². The maximum Gasteiger partial charge on any atom is 0.261 e. The van der Waals surface area contributed by atoms with Crippen LogP contribution in [0.4, 0.5) is 0 Å². The lowest BCUT2D eigenvalue weighted by molar-refractivity contribution is 0.136. The summed E-state index contributed by atoms with van der Waals surface area (Å²) in [7, 11) is 0. The van der Waals surface area contributed by atoms with Crippen molar-refractivity contribution in [2.24, 2.45) is 0 Å². The van der Waals surface area contributed by atoms with E-state index in [4.69, 9.17) is 4.74 Å². The minimum Gasteiger partial charge on any atom is -0.490 e. The highest BCUT2D eigenvalue weighted by Gasteiger charge is 2.15. The normalized spacial score (nSPS) is 13.2. The second kappa shape index (κ2) is 10.0. The van der Waals surface area contributed by atoms with Gasteiger partial charge in [-0.3, -0.25) is 9.36 Å². The van der Waals surface area contributed by atoms with E-state index in [1.807, 2.05) is 49.4 Å². The molecule has 0 saturated carbocycles. The molecule has 6 nitrogen and oxygen atoms in total. The van der Waals surface area contributed by atoms with Crippen molar-refractivity contribution in [2.45, 2.75) is 32.0 Å². The lowest BCUT2D eigenvalue weighted by Crippen LogP contribution is -2.33. The van der Waals surface area contributed by atoms with Gasteiger partial charge in [-0.2, -0.15) is 0 Å². The van der Waals surface area contributed by atoms with Crippen LogP contribution in [0.25, 0.3) is 10.9 Å². The highest BCUT2D eigenvalue weighted by molar-refractivity contribution is 5.76. The summed E-state index contributed by atoms with van der Waals surface area (Å²) in [4.78, 5) is 16.8. The van der Waals surface area contributed by atoms with E-state index >= 15 is 0 Å². The Hall–Kier alpha value is -2.96. The fourth-order valence-corrected chi connectivity index (χ4v) is 3.16. The molecule has 29 heavy (non-hydrogen) atoms. The van der Waals surface area contributed by atoms with E-state index in [2.05, 4.69) is 16.9 Å². The lowest BCUT2D eigenvalue weighted by Gasteiger charge is -2.21. The molecule has 0 aliphatic carbocycles. The highest BCUT2D eigenvalue weighted by Crippen LogP contribution is 2.20. The van der Waals surface area contributed by atoms with Gasteiger partial charge in [-0.25, -0.2) is 4.98 Å². The van der Waals surface area contributed by atoms with Crippen molar-refractivity contribution in [3.63, 3.8) is 0 Å². The van der Waals surface area contributed by atoms with Crippen LogP contribution in [0.15, 0.2) is 72.3 Å². The molecule has 2 unspecified atom stereocenters. The van der Waals surface area contributed by atoms with Gasteiger partial charge < -0.3 is 15.2 Å². The van der Waals surface area contributed by atoms with E-state index in [-0.39, 0.29) is 11.6 Å². The Bertz CT molecular complexity index is 998. The summed E-state index contributed by atoms with van der Waals surface area (Å²) in [6, 6.07) is 14.6. The number of aryl methyl sites for hydroxylation is 1. The first-order chi connectivity index (χ1) is 14.1. The number of benzene rings is 2. The molecule has 3 aromatic rings. The Labute approximate surface area is 170 Å². The molecule has 1 heterocycles. The lowest BCUT2D eigenvalue weighted by atomic mass is 10.0. The van der Waals surface area contributed by atoms with Crippen molar-refractivity contribution < 1.29 is 9.84 Å². The number of aliphatic hydroxyl groups is 1. The van der Waals surface area contributed by atoms with E-state index in [0.29, 0.717) is 30.6 Å². The van der Waals surface area contributed by atoms with Crippen LogP contribution in [0, 0.1) is 0 Å². The Morgan fingerprint density at radius 2 is 2.00 bits per heavy atom. The average molecular weight is 393 g/mol. The number of rotatable bonds is 10. The summed E-state index contributed by atoms with van der Waals surface area (Å²) in [5, 5.41) is 14.5. The first-order valence-corrected chi connectivity index (χ1v) is 9.79. The van der Waals surface area contributed by atoms with Crippen LogP contribution >= 0.6 is 0 Å². The smallest absolute Gasteiger partial charge is 0.261 e. The standard InChI is InChI=1S/C23H27N3O3/c1-3-15-29-19-11-9-18(10-12-19)22(27)17(2)24-13-6-14-26-16-25-21-8-5-4-7-20(21)23(26)28/h3-5,7-12,16-17,22,24,27H,1,6,13-15H2,2H3. The number of fused-ring (bicyclic) bond motifs is 1. The molecular formula is C23H27N3O3. The van der Waals surface area contributed by atoms with Crippen LogP contribution in [0.1, 0.15) is 25.0 Å². The molecule has 0 spiro atoms. The second-order valence-corrected chi connectivity index (χ2v) is 6.97. The number of aliphatic hydroxyl groups excluding tert-OH is 1. The predicted molar refractivity (Wildman–Crippen MR) is 115 cm³/mol. The average Bonchev–Trinajstić information content (AvgIpc) is 2.76. The molecule has 0 fully saturated rings. The van der Waals surface area contributed by atoms with E-state index in [0.717, 1.165) is 17.7 Å². The second-order valence-electron chi connectivity index (χ2n) is 6.97. The molecule has 2 N–H and O–H groups in total. The molecule has 0 saturated heterocycles. The number of para-hydroxylation sites is 1. The third-order valence-corrected chi connectivity index (χ3v) is 4.84. The Morgan fingerprint density at radius 3 is 2.76 bits per heavy atom. The summed E-state index contributed by atoms with van der Waals surface area (Å²) in [5.41, 5.74) is 1.51. The summed E-state index contributed by atoms with van der Waals surface area (Å²) in [6.45, 7) is 7.27. The van der Waals surface area contributed by atoms with Crippen LogP contribution in [0.5, 0.6) is 5.75 Å². The van der Waals surface area contributed by atoms with Crippen LogP contribution in [-0.2, 0) is 6.54 Å². The summed E-state index contributed by atoms with van der Waals surface area (Å²) in [5.74, 6) is 0.746. The van der Waals surface area contributed by atoms with Gasteiger partial charge in [-0.15, -0.1) is 0 Å². The number of hydrogen-bond donors (Lipinski definition) is 2. The number of ether oxygens (including phenoxy) is 1. The topological polar surface area (TPSA) is 76.4 Å². The van der Waals surface area contributed by atoms with Gasteiger partial charge in [0.25, 0.3) is 5.56 Å². The molecule has 2 aromatic carbocycles. The zero-order valence-electron chi connectivity index (χ0n) is 16.6. The van der Waals surface area contributed by atoms with Crippen LogP contribution in [0.3, 0.4) is 0 Å². The SMILES string of the molecule is C=CCOc1ccc(C(O)C(C)NCCCn2cnc3ccccc3c2=O)cc1. The molecule has 0 amide bonds. The van der Waals surface area contributed by atoms with E-state index < -0.39 is 6.10 Å². The number of aromatic nitrogens is 2. The van der Waals surface area contributed by atoms with Gasteiger partial charge in [0.1, 0.15) is 12.4 Å². The molecule has 1 aromatic heterocycles. The van der Waals surface area contributed by atoms with Crippen molar-refractivity contribution >= 4 is 10.9 Å². The quantitative estimate of drug-likeness (QED) is 0.409. The van der Waals surface area contributed by atoms with E-state index in [1.165, 1.54) is 0 Å². The molecule has 0 radical (unpaired) electrons. The molecule has 0 aliphatic rings. The minimum absolute atomic E-state index is 0.0255. The minimum atomic E-state index is -0.631. The summed E-state index contributed by atoms with van der Waals surface area (Å²) in [6.07, 6.45) is 3.41. The van der Waals surface area contributed by atoms with Gasteiger partial charge in [-0.05, 0) is 49.7 Å². The van der Waals surface area contributed by atoms with Gasteiger partial charge in [-0.1, -0.05) is 36.9 Å². The molecule has 0 bridgehead atoms. The van der Waals surface area contributed by atoms with Gasteiger partial charge in [0.2, 0.25) is 0 Å². The Kier molecular flexibility index (Phi) is 7.16. The maximum absolute atomic E-state index is 12.5. The van der Waals surface area contributed by atoms with Crippen LogP contribution in [0.2, 0.25) is 0 Å². The first-order valence-electron chi connectivity index (χ1n) is 9.79. The monoisotopic (exact) mass is 393 g/mol. The molecule has 6 heteroatoms. The fourth-order valence-electron chi connectivity index (χ4n) is 3.16.